The second kappa shape index (κ2) is 5.23. The maximum Gasteiger partial charge on any atom is 0.278 e. The molecule has 0 fully saturated rings. The van der Waals surface area contributed by atoms with Crippen molar-refractivity contribution in [2.45, 2.75) is 0 Å². The lowest BCUT2D eigenvalue weighted by Gasteiger charge is -2.06. The van der Waals surface area contributed by atoms with E-state index in [0.717, 1.165) is 4.40 Å². The van der Waals surface area contributed by atoms with E-state index in [-0.39, 0.29) is 22.9 Å². The fourth-order valence-electron chi connectivity index (χ4n) is 2.24. The Morgan fingerprint density at radius 1 is 1.24 bits per heavy atom. The summed E-state index contributed by atoms with van der Waals surface area (Å²) in [4.78, 5) is 56.7. The fourth-order valence-corrected chi connectivity index (χ4v) is 2.24. The van der Waals surface area contributed by atoms with Crippen LogP contribution in [0.15, 0.2) is 34.4 Å². The highest BCUT2D eigenvalue weighted by molar-refractivity contribution is 6.04. The number of imidazole rings is 1. The van der Waals surface area contributed by atoms with Gasteiger partial charge in [-0.2, -0.15) is 9.97 Å². The van der Waals surface area contributed by atoms with E-state index in [0.29, 0.717) is 0 Å². The molecule has 4 aromatic rings. The Labute approximate surface area is 136 Å². The van der Waals surface area contributed by atoms with E-state index in [1.54, 1.807) is 0 Å². The topological polar surface area (TPSA) is 171 Å². The molecule has 0 aromatic carbocycles. The molecule has 4 rings (SSSR count). The van der Waals surface area contributed by atoms with Gasteiger partial charge in [-0.05, 0) is 6.07 Å². The van der Waals surface area contributed by atoms with Crippen LogP contribution in [-0.4, -0.2) is 45.3 Å². The van der Waals surface area contributed by atoms with Gasteiger partial charge in [-0.15, -0.1) is 0 Å². The molecule has 0 atom stereocenters. The summed E-state index contributed by atoms with van der Waals surface area (Å²) in [7, 11) is 0. The average Bonchev–Trinajstić information content (AvgIpc) is 3.04. The Morgan fingerprint density at radius 3 is 2.92 bits per heavy atom. The number of aromatic hydroxyl groups is 1. The number of carbonyl (C=O) groups is 1. The van der Waals surface area contributed by atoms with E-state index in [1.807, 2.05) is 0 Å². The van der Waals surface area contributed by atoms with E-state index in [4.69, 9.17) is 0 Å². The first-order valence-corrected chi connectivity index (χ1v) is 6.85. The predicted molar refractivity (Wildman–Crippen MR) is 83.4 cm³/mol. The van der Waals surface area contributed by atoms with Crippen molar-refractivity contribution in [1.82, 2.24) is 34.3 Å². The number of nitrogens with zero attached hydrogens (tertiary/aromatic N) is 5. The quantitative estimate of drug-likeness (QED) is 0.360. The highest BCUT2D eigenvalue weighted by atomic mass is 16.3. The van der Waals surface area contributed by atoms with Crippen LogP contribution in [0.5, 0.6) is 5.88 Å². The normalized spacial score (nSPS) is 11.0. The van der Waals surface area contributed by atoms with Crippen molar-refractivity contribution in [1.29, 1.82) is 0 Å². The van der Waals surface area contributed by atoms with Crippen LogP contribution in [0.2, 0.25) is 0 Å². The van der Waals surface area contributed by atoms with Gasteiger partial charge in [0.05, 0.1) is 6.33 Å². The molecule has 0 bridgehead atoms. The monoisotopic (exact) mass is 340 g/mol. The zero-order chi connectivity index (χ0) is 17.6. The summed E-state index contributed by atoms with van der Waals surface area (Å²) in [6.07, 6.45) is 4.01. The molecule has 1 amide bonds. The van der Waals surface area contributed by atoms with E-state index in [2.05, 4.69) is 35.2 Å². The highest BCUT2D eigenvalue weighted by Gasteiger charge is 2.21. The first kappa shape index (κ1) is 14.5. The summed E-state index contributed by atoms with van der Waals surface area (Å²) in [5.41, 5.74) is -1.77. The Morgan fingerprint density at radius 2 is 2.08 bits per heavy atom. The summed E-state index contributed by atoms with van der Waals surface area (Å²) in [6, 6.07) is 1.47. The standard InChI is InChI=1S/C13H8N8O4/c22-8(18-12-17-7-6(10(24)19-12)15-4-16-7)5-9(23)20-13-14-2-1-3-21(13)11(5)25/h1-4,23H,(H3,15,16,17,18,19,22,24). The first-order chi connectivity index (χ1) is 12.0. The van der Waals surface area contributed by atoms with E-state index in [9.17, 15) is 19.5 Å². The van der Waals surface area contributed by atoms with Crippen molar-refractivity contribution in [3.8, 4) is 5.88 Å². The van der Waals surface area contributed by atoms with Crippen LogP contribution in [0.3, 0.4) is 0 Å². The minimum atomic E-state index is -0.994. The minimum Gasteiger partial charge on any atom is -0.492 e. The summed E-state index contributed by atoms with van der Waals surface area (Å²) in [5, 5.41) is 12.1. The van der Waals surface area contributed by atoms with E-state index < -0.39 is 28.5 Å². The van der Waals surface area contributed by atoms with Crippen LogP contribution in [0.25, 0.3) is 16.9 Å². The summed E-state index contributed by atoms with van der Waals surface area (Å²) in [5.74, 6) is -2.08. The Bertz CT molecular complexity index is 1250. The van der Waals surface area contributed by atoms with Crippen molar-refractivity contribution >= 4 is 28.8 Å². The molecule has 0 aliphatic rings. The second-order valence-electron chi connectivity index (χ2n) is 4.88. The highest BCUT2D eigenvalue weighted by Crippen LogP contribution is 2.12. The van der Waals surface area contributed by atoms with Gasteiger partial charge in [0.2, 0.25) is 17.6 Å². The van der Waals surface area contributed by atoms with E-state index >= 15 is 0 Å². The molecule has 25 heavy (non-hydrogen) atoms. The molecular formula is C13H8N8O4. The van der Waals surface area contributed by atoms with Gasteiger partial charge < -0.3 is 10.1 Å². The maximum absolute atomic E-state index is 12.4. The molecule has 0 aliphatic heterocycles. The molecule has 0 saturated carbocycles. The van der Waals surface area contributed by atoms with Gasteiger partial charge in [0.15, 0.2) is 16.7 Å². The third-order valence-corrected chi connectivity index (χ3v) is 3.34. The van der Waals surface area contributed by atoms with Gasteiger partial charge >= 0.3 is 0 Å². The number of H-pyrrole nitrogens is 2. The second-order valence-corrected chi connectivity index (χ2v) is 4.88. The Kier molecular flexibility index (Phi) is 3.03. The molecule has 4 aromatic heterocycles. The molecular weight excluding hydrogens is 332 g/mol. The number of carbonyl (C=O) groups excluding carboxylic acids is 1. The summed E-state index contributed by atoms with van der Waals surface area (Å²) < 4.78 is 1.00. The number of aromatic nitrogens is 7. The SMILES string of the molecule is O=C(Nc1nc2nc[nH]c2c(=O)[nH]1)c1c(O)nc2ncccn2c1=O. The van der Waals surface area contributed by atoms with Crippen LogP contribution in [-0.2, 0) is 0 Å². The molecule has 12 nitrogen and oxygen atoms in total. The average molecular weight is 340 g/mol. The van der Waals surface area contributed by atoms with Crippen molar-refractivity contribution < 1.29 is 9.90 Å². The molecule has 12 heteroatoms. The van der Waals surface area contributed by atoms with Crippen LogP contribution in [0.1, 0.15) is 10.4 Å². The maximum atomic E-state index is 12.4. The molecule has 0 spiro atoms. The number of hydrogen-bond acceptors (Lipinski definition) is 8. The van der Waals surface area contributed by atoms with Crippen molar-refractivity contribution in [2.24, 2.45) is 0 Å². The number of amides is 1. The smallest absolute Gasteiger partial charge is 0.278 e. The molecule has 0 unspecified atom stereocenters. The Balaban J connectivity index is 1.79. The number of anilines is 1. The minimum absolute atomic E-state index is 0.0639. The lowest BCUT2D eigenvalue weighted by molar-refractivity contribution is 0.102. The van der Waals surface area contributed by atoms with E-state index in [1.165, 1.54) is 24.8 Å². The first-order valence-electron chi connectivity index (χ1n) is 6.85. The van der Waals surface area contributed by atoms with Crippen molar-refractivity contribution in [3.05, 3.63) is 51.1 Å². The van der Waals surface area contributed by atoms with Crippen LogP contribution in [0, 0.1) is 0 Å². The lowest BCUT2D eigenvalue weighted by Crippen LogP contribution is -2.28. The molecule has 0 aliphatic carbocycles. The van der Waals surface area contributed by atoms with Gasteiger partial charge in [-0.1, -0.05) is 0 Å². The number of fused-ring (bicyclic) bond motifs is 2. The number of rotatable bonds is 2. The zero-order valence-corrected chi connectivity index (χ0v) is 12.2. The van der Waals surface area contributed by atoms with Gasteiger partial charge in [0.25, 0.3) is 17.0 Å². The van der Waals surface area contributed by atoms with Gasteiger partial charge in [-0.3, -0.25) is 29.1 Å². The third kappa shape index (κ3) is 2.28. The summed E-state index contributed by atoms with van der Waals surface area (Å²) >= 11 is 0. The van der Waals surface area contributed by atoms with Crippen molar-refractivity contribution in [3.63, 3.8) is 0 Å². The van der Waals surface area contributed by atoms with Crippen LogP contribution >= 0.6 is 0 Å². The van der Waals surface area contributed by atoms with Crippen LogP contribution in [0.4, 0.5) is 5.95 Å². The lowest BCUT2D eigenvalue weighted by atomic mass is 10.3. The molecule has 0 saturated heterocycles. The zero-order valence-electron chi connectivity index (χ0n) is 12.2. The van der Waals surface area contributed by atoms with Crippen LogP contribution < -0.4 is 16.4 Å². The molecule has 124 valence electrons. The molecule has 4 heterocycles. The van der Waals surface area contributed by atoms with Gasteiger partial charge in [-0.25, -0.2) is 9.97 Å². The third-order valence-electron chi connectivity index (χ3n) is 3.34. The van der Waals surface area contributed by atoms with Crippen molar-refractivity contribution in [2.75, 3.05) is 5.32 Å². The largest absolute Gasteiger partial charge is 0.492 e. The Hall–Kier alpha value is -4.09. The number of nitrogens with one attached hydrogen (secondary N) is 3. The molecule has 4 N–H and O–H groups in total. The fraction of sp³-hybridized carbons (Fsp3) is 0. The molecule has 0 radical (unpaired) electrons. The summed E-state index contributed by atoms with van der Waals surface area (Å²) in [6.45, 7) is 0. The number of hydrogen-bond donors (Lipinski definition) is 4. The van der Waals surface area contributed by atoms with Gasteiger partial charge in [0, 0.05) is 12.4 Å². The number of aromatic amines is 2. The predicted octanol–water partition coefficient (Wildman–Crippen LogP) is -0.993. The van der Waals surface area contributed by atoms with Gasteiger partial charge in [0.1, 0.15) is 0 Å².